The molecule has 0 radical (unpaired) electrons. The van der Waals surface area contributed by atoms with E-state index in [0.717, 1.165) is 12.0 Å². The lowest BCUT2D eigenvalue weighted by molar-refractivity contribution is 0.265. The quantitative estimate of drug-likeness (QED) is 0.545. The van der Waals surface area contributed by atoms with Crippen LogP contribution in [0, 0.1) is 0 Å². The molecule has 0 aliphatic rings. The van der Waals surface area contributed by atoms with Crippen molar-refractivity contribution in [3.63, 3.8) is 0 Å². The second kappa shape index (κ2) is 7.92. The van der Waals surface area contributed by atoms with E-state index in [0.29, 0.717) is 24.1 Å². The molecular weight excluding hydrogens is 293 g/mol. The molecule has 0 atom stereocenters. The molecule has 120 valence electrons. The van der Waals surface area contributed by atoms with Gasteiger partial charge in [-0.05, 0) is 36.6 Å². The van der Waals surface area contributed by atoms with Crippen molar-refractivity contribution in [1.82, 2.24) is 4.90 Å². The molecule has 0 spiro atoms. The maximum Gasteiger partial charge on any atom is 0.339 e. The SMILES string of the molecule is CCCN(Cc1c(O)cc(CO)cc1CC)CP(=O)(O)O. The van der Waals surface area contributed by atoms with Crippen LogP contribution in [-0.2, 0) is 24.1 Å². The van der Waals surface area contributed by atoms with Crippen LogP contribution in [0.5, 0.6) is 5.75 Å². The highest BCUT2D eigenvalue weighted by Gasteiger charge is 2.21. The van der Waals surface area contributed by atoms with Gasteiger partial charge in [0.05, 0.1) is 6.61 Å². The highest BCUT2D eigenvalue weighted by molar-refractivity contribution is 7.51. The van der Waals surface area contributed by atoms with Gasteiger partial charge in [0, 0.05) is 12.1 Å². The monoisotopic (exact) mass is 317 g/mol. The number of hydrogen-bond acceptors (Lipinski definition) is 4. The molecule has 0 aliphatic heterocycles. The summed E-state index contributed by atoms with van der Waals surface area (Å²) in [5, 5.41) is 19.3. The van der Waals surface area contributed by atoms with Gasteiger partial charge in [-0.15, -0.1) is 0 Å². The number of aryl methyl sites for hydroxylation is 1. The molecule has 4 N–H and O–H groups in total. The van der Waals surface area contributed by atoms with Crippen molar-refractivity contribution in [2.45, 2.75) is 39.8 Å². The zero-order chi connectivity index (χ0) is 16.0. The molecule has 1 rings (SSSR count). The number of aliphatic hydroxyl groups excluding tert-OH is 1. The Morgan fingerprint density at radius 1 is 1.24 bits per heavy atom. The molecule has 0 aliphatic carbocycles. The highest BCUT2D eigenvalue weighted by atomic mass is 31.2. The van der Waals surface area contributed by atoms with Crippen molar-refractivity contribution < 1.29 is 24.6 Å². The number of hydrogen-bond donors (Lipinski definition) is 4. The van der Waals surface area contributed by atoms with Gasteiger partial charge in [0.1, 0.15) is 12.0 Å². The summed E-state index contributed by atoms with van der Waals surface area (Å²) in [6.07, 6.45) is 1.11. The van der Waals surface area contributed by atoms with Crippen molar-refractivity contribution in [3.8, 4) is 5.75 Å². The summed E-state index contributed by atoms with van der Waals surface area (Å²) in [5.74, 6) is 0.0604. The van der Waals surface area contributed by atoms with Gasteiger partial charge < -0.3 is 20.0 Å². The Morgan fingerprint density at radius 2 is 1.90 bits per heavy atom. The van der Waals surface area contributed by atoms with E-state index < -0.39 is 7.60 Å². The Labute approximate surface area is 125 Å². The second-order valence-corrected chi connectivity index (χ2v) is 6.74. The molecule has 0 amide bonds. The van der Waals surface area contributed by atoms with Crippen LogP contribution in [0.15, 0.2) is 12.1 Å². The summed E-state index contributed by atoms with van der Waals surface area (Å²) >= 11 is 0. The number of phenolic OH excluding ortho intramolecular Hbond substituents is 1. The summed E-state index contributed by atoms with van der Waals surface area (Å²) in [7, 11) is -4.14. The summed E-state index contributed by atoms with van der Waals surface area (Å²) in [4.78, 5) is 19.9. The number of benzene rings is 1. The maximum absolute atomic E-state index is 11.2. The van der Waals surface area contributed by atoms with Crippen LogP contribution in [0.4, 0.5) is 0 Å². The average molecular weight is 317 g/mol. The van der Waals surface area contributed by atoms with Crippen LogP contribution >= 0.6 is 7.60 Å². The number of nitrogens with zero attached hydrogens (tertiary/aromatic N) is 1. The Morgan fingerprint density at radius 3 is 2.38 bits per heavy atom. The van der Waals surface area contributed by atoms with E-state index in [4.69, 9.17) is 14.9 Å². The zero-order valence-electron chi connectivity index (χ0n) is 12.5. The fourth-order valence-electron chi connectivity index (χ4n) is 2.37. The molecule has 0 fully saturated rings. The highest BCUT2D eigenvalue weighted by Crippen LogP contribution is 2.36. The first-order valence-corrected chi connectivity index (χ1v) is 8.81. The third kappa shape index (κ3) is 5.77. The predicted octanol–water partition coefficient (Wildman–Crippen LogP) is 1.79. The van der Waals surface area contributed by atoms with Crippen LogP contribution < -0.4 is 0 Å². The average Bonchev–Trinajstić information content (AvgIpc) is 2.39. The van der Waals surface area contributed by atoms with Crippen molar-refractivity contribution in [2.75, 3.05) is 12.8 Å². The molecule has 0 unspecified atom stereocenters. The molecule has 1 aromatic rings. The van der Waals surface area contributed by atoms with Crippen molar-refractivity contribution >= 4 is 7.60 Å². The molecule has 0 heterocycles. The second-order valence-electron chi connectivity index (χ2n) is 5.12. The fourth-order valence-corrected chi connectivity index (χ4v) is 3.13. The van der Waals surface area contributed by atoms with Gasteiger partial charge in [-0.2, -0.15) is 0 Å². The standard InChI is InChI=1S/C14H24NO5P/c1-3-5-15(10-21(18,19)20)8-13-12(4-2)6-11(9-16)7-14(13)17/h6-7,16-17H,3-5,8-10H2,1-2H3,(H2,18,19,20). The summed E-state index contributed by atoms with van der Waals surface area (Å²) in [6.45, 7) is 4.53. The van der Waals surface area contributed by atoms with Gasteiger partial charge in [-0.25, -0.2) is 0 Å². The van der Waals surface area contributed by atoms with E-state index in [1.165, 1.54) is 6.07 Å². The van der Waals surface area contributed by atoms with Gasteiger partial charge >= 0.3 is 7.60 Å². The Balaban J connectivity index is 3.05. The van der Waals surface area contributed by atoms with E-state index in [1.807, 2.05) is 19.9 Å². The number of rotatable bonds is 8. The first-order valence-electron chi connectivity index (χ1n) is 7.02. The molecule has 0 saturated heterocycles. The number of phenols is 1. The van der Waals surface area contributed by atoms with Crippen LogP contribution in [-0.4, -0.2) is 37.7 Å². The molecule has 0 saturated carbocycles. The molecule has 0 bridgehead atoms. The van der Waals surface area contributed by atoms with Crippen molar-refractivity contribution in [3.05, 3.63) is 28.8 Å². The van der Waals surface area contributed by atoms with E-state index in [-0.39, 0.29) is 25.2 Å². The van der Waals surface area contributed by atoms with Crippen LogP contribution in [0.1, 0.15) is 37.0 Å². The van der Waals surface area contributed by atoms with Crippen LogP contribution in [0.25, 0.3) is 0 Å². The molecule has 21 heavy (non-hydrogen) atoms. The van der Waals surface area contributed by atoms with Gasteiger partial charge in [0.2, 0.25) is 0 Å². The lowest BCUT2D eigenvalue weighted by Crippen LogP contribution is -2.26. The largest absolute Gasteiger partial charge is 0.508 e. The van der Waals surface area contributed by atoms with Gasteiger partial charge in [0.15, 0.2) is 0 Å². The van der Waals surface area contributed by atoms with Crippen LogP contribution in [0.2, 0.25) is 0 Å². The predicted molar refractivity (Wildman–Crippen MR) is 81.0 cm³/mol. The Hall–Kier alpha value is -0.910. The van der Waals surface area contributed by atoms with E-state index in [1.54, 1.807) is 4.90 Å². The van der Waals surface area contributed by atoms with E-state index >= 15 is 0 Å². The lowest BCUT2D eigenvalue weighted by Gasteiger charge is -2.24. The summed E-state index contributed by atoms with van der Waals surface area (Å²) in [6, 6.07) is 3.31. The first kappa shape index (κ1) is 18.1. The number of aromatic hydroxyl groups is 1. The summed E-state index contributed by atoms with van der Waals surface area (Å²) < 4.78 is 11.2. The van der Waals surface area contributed by atoms with Gasteiger partial charge in [0.25, 0.3) is 0 Å². The zero-order valence-corrected chi connectivity index (χ0v) is 13.4. The summed E-state index contributed by atoms with van der Waals surface area (Å²) in [5.41, 5.74) is 2.17. The third-order valence-corrected chi connectivity index (χ3v) is 4.02. The maximum atomic E-state index is 11.2. The van der Waals surface area contributed by atoms with E-state index in [2.05, 4.69) is 0 Å². The lowest BCUT2D eigenvalue weighted by atomic mass is 10.00. The minimum absolute atomic E-state index is 0.0604. The first-order chi connectivity index (χ1) is 9.80. The molecule has 6 nitrogen and oxygen atoms in total. The topological polar surface area (TPSA) is 101 Å². The number of aliphatic hydroxyl groups is 1. The Bertz CT molecular complexity index is 514. The van der Waals surface area contributed by atoms with E-state index in [9.17, 15) is 9.67 Å². The minimum Gasteiger partial charge on any atom is -0.508 e. The molecule has 1 aromatic carbocycles. The molecule has 7 heteroatoms. The van der Waals surface area contributed by atoms with Crippen molar-refractivity contribution in [2.24, 2.45) is 0 Å². The van der Waals surface area contributed by atoms with Gasteiger partial charge in [-0.1, -0.05) is 19.9 Å². The van der Waals surface area contributed by atoms with Gasteiger partial charge in [-0.3, -0.25) is 9.46 Å². The minimum atomic E-state index is -4.14. The normalized spacial score (nSPS) is 12.1. The fraction of sp³-hybridized carbons (Fsp3) is 0.571. The molecular formula is C14H24NO5P. The smallest absolute Gasteiger partial charge is 0.339 e. The van der Waals surface area contributed by atoms with Crippen LogP contribution in [0.3, 0.4) is 0 Å². The van der Waals surface area contributed by atoms with Crippen molar-refractivity contribution in [1.29, 1.82) is 0 Å². The molecule has 0 aromatic heterocycles. The third-order valence-electron chi connectivity index (χ3n) is 3.25. The Kier molecular flexibility index (Phi) is 6.84.